The Morgan fingerprint density at radius 3 is 2.88 bits per heavy atom. The highest BCUT2D eigenvalue weighted by atomic mass is 32.1. The minimum Gasteiger partial charge on any atom is -0.494 e. The number of thiazole rings is 1. The van der Waals surface area contributed by atoms with Gasteiger partial charge in [-0.15, -0.1) is 0 Å². The van der Waals surface area contributed by atoms with Crippen LogP contribution in [0.1, 0.15) is 10.6 Å². The van der Waals surface area contributed by atoms with Gasteiger partial charge in [-0.05, 0) is 6.07 Å². The van der Waals surface area contributed by atoms with E-state index in [9.17, 15) is 0 Å². The third kappa shape index (κ3) is 2.99. The van der Waals surface area contributed by atoms with Crippen molar-refractivity contribution in [3.05, 3.63) is 29.0 Å². The first kappa shape index (κ1) is 16.1. The maximum absolute atomic E-state index is 5.93. The molecule has 0 atom stereocenters. The van der Waals surface area contributed by atoms with E-state index in [1.54, 1.807) is 26.4 Å². The fraction of sp³-hybridized carbons (Fsp3) is 0.200. The number of anilines is 3. The van der Waals surface area contributed by atoms with E-state index in [0.29, 0.717) is 40.6 Å². The van der Waals surface area contributed by atoms with E-state index >= 15 is 0 Å². The van der Waals surface area contributed by atoms with E-state index in [4.69, 9.17) is 20.6 Å². The predicted octanol–water partition coefficient (Wildman–Crippen LogP) is 0.745. The minimum atomic E-state index is 0.429. The van der Waals surface area contributed by atoms with E-state index in [2.05, 4.69) is 20.3 Å². The van der Waals surface area contributed by atoms with Crippen LogP contribution in [-0.4, -0.2) is 35.4 Å². The van der Waals surface area contributed by atoms with Crippen molar-refractivity contribution in [2.24, 2.45) is 0 Å². The summed E-state index contributed by atoms with van der Waals surface area (Å²) in [5.74, 6) is 1.15. The molecule has 9 heteroatoms. The maximum atomic E-state index is 5.93. The number of benzene rings is 1. The summed E-state index contributed by atoms with van der Waals surface area (Å²) in [7, 11) is 3.20. The normalized spacial score (nSPS) is 10.8. The molecule has 0 bridgehead atoms. The summed E-state index contributed by atoms with van der Waals surface area (Å²) < 4.78 is 10.5. The molecular weight excluding hydrogens is 328 g/mol. The number of methoxy groups -OCH3 is 2. The van der Waals surface area contributed by atoms with Crippen LogP contribution in [0.5, 0.6) is 5.75 Å². The lowest BCUT2D eigenvalue weighted by Crippen LogP contribution is -2.30. The first-order valence-corrected chi connectivity index (χ1v) is 7.86. The summed E-state index contributed by atoms with van der Waals surface area (Å²) >= 11 is 1.46. The third-order valence-corrected chi connectivity index (χ3v) is 4.28. The van der Waals surface area contributed by atoms with Gasteiger partial charge in [-0.1, -0.05) is 11.3 Å². The van der Waals surface area contributed by atoms with Gasteiger partial charge in [-0.3, -0.25) is 5.41 Å². The van der Waals surface area contributed by atoms with Gasteiger partial charge < -0.3 is 20.5 Å². The highest BCUT2D eigenvalue weighted by Gasteiger charge is 2.14. The van der Waals surface area contributed by atoms with Gasteiger partial charge >= 0.3 is 0 Å². The summed E-state index contributed by atoms with van der Waals surface area (Å²) in [5.41, 5.74) is 8.51. The number of nitrogens with two attached hydrogens (primary N) is 2. The number of fused-ring (bicyclic) bond motifs is 1. The van der Waals surface area contributed by atoms with Gasteiger partial charge in [0.2, 0.25) is 0 Å². The number of hydrogen-bond donors (Lipinski definition) is 3. The predicted molar refractivity (Wildman–Crippen MR) is 93.7 cm³/mol. The topological polar surface area (TPSA) is 121 Å². The molecule has 1 aromatic carbocycles. The molecule has 2 heterocycles. The Bertz CT molecular complexity index is 895. The molecule has 0 aliphatic rings. The highest BCUT2D eigenvalue weighted by Crippen LogP contribution is 2.33. The number of nitrogens with zero attached hydrogens (tertiary/aromatic N) is 3. The molecule has 124 valence electrons. The number of nitrogens with one attached hydrogen (secondary N) is 1. The lowest BCUT2D eigenvalue weighted by atomic mass is 10.1. The number of hydrogen-bond acceptors (Lipinski definition) is 8. The summed E-state index contributed by atoms with van der Waals surface area (Å²) in [6, 6.07) is 3.50. The summed E-state index contributed by atoms with van der Waals surface area (Å²) in [6.07, 6.45) is 2.92. The lowest BCUT2D eigenvalue weighted by molar-refractivity contribution is -0.104. The first-order chi connectivity index (χ1) is 11.7. The zero-order valence-electron chi connectivity index (χ0n) is 13.2. The van der Waals surface area contributed by atoms with Crippen molar-refractivity contribution < 1.29 is 14.9 Å². The van der Waals surface area contributed by atoms with Crippen molar-refractivity contribution >= 4 is 45.1 Å². The fourth-order valence-electron chi connectivity index (χ4n) is 2.22. The quantitative estimate of drug-likeness (QED) is 0.445. The number of ether oxygens (including phenoxy) is 2. The fourth-order valence-corrected chi connectivity index (χ4v) is 3.10. The molecule has 3 aromatic rings. The van der Waals surface area contributed by atoms with Gasteiger partial charge in [0, 0.05) is 18.9 Å². The average molecular weight is 345 g/mol. The van der Waals surface area contributed by atoms with Crippen LogP contribution in [0.15, 0.2) is 18.5 Å². The van der Waals surface area contributed by atoms with E-state index in [-0.39, 0.29) is 0 Å². The number of aromatic nitrogens is 3. The van der Waals surface area contributed by atoms with Gasteiger partial charge in [-0.2, -0.15) is 0 Å². The Morgan fingerprint density at radius 2 is 2.17 bits per heavy atom. The van der Waals surface area contributed by atoms with Crippen LogP contribution in [0.25, 0.3) is 10.3 Å². The zero-order valence-corrected chi connectivity index (χ0v) is 14.1. The van der Waals surface area contributed by atoms with Crippen LogP contribution >= 0.6 is 11.3 Å². The second-order valence-corrected chi connectivity index (χ2v) is 5.95. The Labute approximate surface area is 142 Å². The Balaban J connectivity index is 2.05. The van der Waals surface area contributed by atoms with Crippen molar-refractivity contribution in [3.8, 4) is 5.75 Å². The van der Waals surface area contributed by atoms with Crippen molar-refractivity contribution in [2.45, 2.75) is 6.61 Å². The number of nitrogen functional groups attached to an aromatic ring is 1. The van der Waals surface area contributed by atoms with Crippen LogP contribution < -0.4 is 21.2 Å². The monoisotopic (exact) mass is 345 g/mol. The summed E-state index contributed by atoms with van der Waals surface area (Å²) in [6.45, 7) is 0.429. The molecule has 8 nitrogen and oxygen atoms in total. The average Bonchev–Trinajstić information content (AvgIpc) is 3.00. The van der Waals surface area contributed by atoms with E-state index in [1.165, 1.54) is 23.9 Å². The van der Waals surface area contributed by atoms with Gasteiger partial charge in [0.25, 0.3) is 0 Å². The van der Waals surface area contributed by atoms with Gasteiger partial charge in [-0.25, -0.2) is 15.0 Å². The molecule has 0 aliphatic heterocycles. The van der Waals surface area contributed by atoms with Crippen LogP contribution in [0.3, 0.4) is 0 Å². The van der Waals surface area contributed by atoms with Crippen molar-refractivity contribution in [1.29, 1.82) is 0 Å². The Kier molecular flexibility index (Phi) is 4.54. The summed E-state index contributed by atoms with van der Waals surface area (Å²) in [4.78, 5) is 13.8. The smallest absolute Gasteiger partial charge is 0.169 e. The van der Waals surface area contributed by atoms with Crippen molar-refractivity contribution in [1.82, 2.24) is 15.0 Å². The second-order valence-electron chi connectivity index (χ2n) is 4.89. The molecule has 0 radical (unpaired) electrons. The molecule has 0 amide bonds. The second kappa shape index (κ2) is 6.77. The molecule has 0 fully saturated rings. The largest absolute Gasteiger partial charge is 0.494 e. The molecule has 3 rings (SSSR count). The lowest BCUT2D eigenvalue weighted by Gasteiger charge is -2.12. The molecule has 0 unspecified atom stereocenters. The van der Waals surface area contributed by atoms with Crippen LogP contribution in [0.4, 0.5) is 17.2 Å². The third-order valence-electron chi connectivity index (χ3n) is 3.35. The maximum Gasteiger partial charge on any atom is 0.169 e. The molecular formula is C15H17N6O2S+. The van der Waals surface area contributed by atoms with Crippen molar-refractivity contribution in [2.75, 3.05) is 25.3 Å². The molecule has 0 saturated carbocycles. The molecule has 24 heavy (non-hydrogen) atoms. The Morgan fingerprint density at radius 1 is 1.33 bits per heavy atom. The zero-order chi connectivity index (χ0) is 17.1. The SMILES string of the molecule is COCc1nc2c(Nc3cc(C=[NH2+])c(N)cc3OC)ncnc2s1. The molecule has 2 aromatic heterocycles. The standard InChI is InChI=1S/C15H16N6O2S/c1-22-6-12-21-13-14(18-7-19-15(13)24-12)20-10-3-8(5-16)9(17)4-11(10)23-2/h3-5,7,16H,6,17H2,1-2H3,(H,18,19,20)/p+1. The van der Waals surface area contributed by atoms with Crippen LogP contribution in [0.2, 0.25) is 0 Å². The molecule has 5 N–H and O–H groups in total. The minimum absolute atomic E-state index is 0.429. The first-order valence-electron chi connectivity index (χ1n) is 7.05. The van der Waals surface area contributed by atoms with Crippen molar-refractivity contribution in [3.63, 3.8) is 0 Å². The molecule has 0 aliphatic carbocycles. The van der Waals surface area contributed by atoms with Crippen LogP contribution in [-0.2, 0) is 11.3 Å². The highest BCUT2D eigenvalue weighted by molar-refractivity contribution is 7.18. The van der Waals surface area contributed by atoms with E-state index in [0.717, 1.165) is 9.84 Å². The van der Waals surface area contributed by atoms with Gasteiger partial charge in [0.15, 0.2) is 12.0 Å². The molecule has 0 spiro atoms. The Hall–Kier alpha value is -2.78. The van der Waals surface area contributed by atoms with E-state index < -0.39 is 0 Å². The molecule has 0 saturated heterocycles. The van der Waals surface area contributed by atoms with E-state index in [1.807, 2.05) is 0 Å². The van der Waals surface area contributed by atoms with Gasteiger partial charge in [0.1, 0.15) is 27.4 Å². The van der Waals surface area contributed by atoms with Gasteiger partial charge in [0.05, 0.1) is 25.0 Å². The summed E-state index contributed by atoms with van der Waals surface area (Å²) in [5, 5.41) is 9.66. The van der Waals surface area contributed by atoms with Crippen LogP contribution in [0, 0.1) is 0 Å². The number of rotatable bonds is 6.